The normalized spacial score (nSPS) is 13.8. The van der Waals surface area contributed by atoms with Gasteiger partial charge >= 0.3 is 0 Å². The summed E-state index contributed by atoms with van der Waals surface area (Å²) in [4.78, 5) is 11.1. The van der Waals surface area contributed by atoms with Crippen molar-refractivity contribution < 1.29 is 34.1 Å². The van der Waals surface area contributed by atoms with E-state index in [1.807, 2.05) is 0 Å². The van der Waals surface area contributed by atoms with Crippen LogP contribution in [0.15, 0.2) is 11.8 Å². The molecular formula is C9H16O3Zn. The quantitative estimate of drug-likeness (QED) is 0.460. The Morgan fingerprint density at radius 2 is 1.85 bits per heavy atom. The van der Waals surface area contributed by atoms with Gasteiger partial charge in [0, 0.05) is 38.6 Å². The molecule has 0 rings (SSSR count). The first-order valence-corrected chi connectivity index (χ1v) is 3.96. The fourth-order valence-corrected chi connectivity index (χ4v) is 0.551. The van der Waals surface area contributed by atoms with Crippen LogP contribution in [-0.2, 0) is 29.0 Å². The smallest absolute Gasteiger partial charge is 0.161 e. The first-order chi connectivity index (χ1) is 5.49. The van der Waals surface area contributed by atoms with E-state index in [-0.39, 0.29) is 36.9 Å². The summed E-state index contributed by atoms with van der Waals surface area (Å²) in [6.45, 7) is 5.24. The molecule has 4 heteroatoms. The van der Waals surface area contributed by atoms with Crippen LogP contribution in [0.5, 0.6) is 0 Å². The minimum Gasteiger partial charge on any atom is -0.509 e. The van der Waals surface area contributed by atoms with Gasteiger partial charge in [-0.1, -0.05) is 13.8 Å². The van der Waals surface area contributed by atoms with E-state index in [0.29, 0.717) is 0 Å². The molecule has 1 N–H and O–H groups in total. The summed E-state index contributed by atoms with van der Waals surface area (Å²) >= 11 is 0. The van der Waals surface area contributed by atoms with Crippen molar-refractivity contribution in [2.75, 3.05) is 7.11 Å². The van der Waals surface area contributed by atoms with Crippen molar-refractivity contribution in [1.82, 2.24) is 0 Å². The molecule has 0 aliphatic heterocycles. The molecule has 0 aromatic rings. The molecule has 0 aromatic carbocycles. The second-order valence-electron chi connectivity index (χ2n) is 3.00. The first kappa shape index (κ1) is 15.3. The van der Waals surface area contributed by atoms with Gasteiger partial charge in [0.05, 0.1) is 0 Å². The Bertz CT molecular complexity index is 187. The maximum Gasteiger partial charge on any atom is 0.161 e. The second-order valence-corrected chi connectivity index (χ2v) is 3.00. The number of hydrogen-bond donors (Lipinski definition) is 1. The third-order valence-electron chi connectivity index (χ3n) is 1.63. The Balaban J connectivity index is 0. The predicted molar refractivity (Wildman–Crippen MR) is 47.0 cm³/mol. The molecule has 0 radical (unpaired) electrons. The molecule has 13 heavy (non-hydrogen) atoms. The summed E-state index contributed by atoms with van der Waals surface area (Å²) in [5, 5.41) is 9.25. The standard InChI is InChI=1S/C9H16O3.Zn/c1-6(2)8(10)5-9(11)7(3)12-4;/h5-7,11H,1-4H3;/b9-5-;. The molecule has 0 saturated carbocycles. The van der Waals surface area contributed by atoms with Crippen LogP contribution in [0.2, 0.25) is 0 Å². The summed E-state index contributed by atoms with van der Waals surface area (Å²) in [5.74, 6) is -0.191. The molecule has 0 aliphatic rings. The molecule has 0 aliphatic carbocycles. The Labute approximate surface area is 91.9 Å². The van der Waals surface area contributed by atoms with Crippen molar-refractivity contribution in [2.24, 2.45) is 5.92 Å². The number of carbonyl (C=O) groups is 1. The van der Waals surface area contributed by atoms with E-state index >= 15 is 0 Å². The molecule has 0 spiro atoms. The number of methoxy groups -OCH3 is 1. The van der Waals surface area contributed by atoms with Crippen LogP contribution < -0.4 is 0 Å². The molecule has 0 amide bonds. The third kappa shape index (κ3) is 5.95. The number of aliphatic hydroxyl groups excluding tert-OH is 1. The SMILES string of the molecule is COC(C)/C(O)=C/C(=O)C(C)C.[Zn]. The van der Waals surface area contributed by atoms with E-state index in [1.165, 1.54) is 13.2 Å². The van der Waals surface area contributed by atoms with Crippen LogP contribution in [0.3, 0.4) is 0 Å². The fourth-order valence-electron chi connectivity index (χ4n) is 0.551. The zero-order valence-electron chi connectivity index (χ0n) is 8.70. The van der Waals surface area contributed by atoms with E-state index < -0.39 is 6.10 Å². The number of rotatable bonds is 4. The summed E-state index contributed by atoms with van der Waals surface area (Å²) in [6, 6.07) is 0. The topological polar surface area (TPSA) is 46.5 Å². The summed E-state index contributed by atoms with van der Waals surface area (Å²) < 4.78 is 4.82. The molecule has 0 aromatic heterocycles. The van der Waals surface area contributed by atoms with Gasteiger partial charge in [-0.15, -0.1) is 0 Å². The van der Waals surface area contributed by atoms with Gasteiger partial charge in [0.1, 0.15) is 11.9 Å². The molecule has 0 bridgehead atoms. The molecule has 1 atom stereocenters. The molecular weight excluding hydrogens is 221 g/mol. The van der Waals surface area contributed by atoms with Gasteiger partial charge in [-0.25, -0.2) is 0 Å². The molecule has 1 unspecified atom stereocenters. The van der Waals surface area contributed by atoms with Gasteiger partial charge in [0.25, 0.3) is 0 Å². The van der Waals surface area contributed by atoms with E-state index in [0.717, 1.165) is 0 Å². The summed E-state index contributed by atoms with van der Waals surface area (Å²) in [5.41, 5.74) is 0. The first-order valence-electron chi connectivity index (χ1n) is 3.96. The van der Waals surface area contributed by atoms with Gasteiger partial charge in [-0.3, -0.25) is 4.79 Å². The average Bonchev–Trinajstić information content (AvgIpc) is 2.02. The van der Waals surface area contributed by atoms with Gasteiger partial charge in [-0.2, -0.15) is 0 Å². The number of hydrogen-bond acceptors (Lipinski definition) is 3. The van der Waals surface area contributed by atoms with Crippen molar-refractivity contribution in [1.29, 1.82) is 0 Å². The Morgan fingerprint density at radius 3 is 2.15 bits per heavy atom. The number of ketones is 1. The van der Waals surface area contributed by atoms with Crippen LogP contribution in [0.1, 0.15) is 20.8 Å². The predicted octanol–water partition coefficient (Wildman–Crippen LogP) is 1.69. The second kappa shape index (κ2) is 7.22. The van der Waals surface area contributed by atoms with Gasteiger partial charge in [-0.05, 0) is 6.92 Å². The van der Waals surface area contributed by atoms with Crippen molar-refractivity contribution >= 4 is 5.78 Å². The largest absolute Gasteiger partial charge is 0.509 e. The zero-order valence-corrected chi connectivity index (χ0v) is 11.7. The van der Waals surface area contributed by atoms with Crippen LogP contribution in [0.25, 0.3) is 0 Å². The van der Waals surface area contributed by atoms with Gasteiger partial charge < -0.3 is 9.84 Å². The Morgan fingerprint density at radius 1 is 1.38 bits per heavy atom. The minimum atomic E-state index is -0.410. The van der Waals surface area contributed by atoms with Crippen LogP contribution in [-0.4, -0.2) is 24.1 Å². The molecule has 0 saturated heterocycles. The van der Waals surface area contributed by atoms with E-state index in [4.69, 9.17) is 4.74 Å². The molecule has 72 valence electrons. The maximum atomic E-state index is 11.1. The Hall–Kier alpha value is -0.207. The zero-order chi connectivity index (χ0) is 9.72. The van der Waals surface area contributed by atoms with E-state index in [1.54, 1.807) is 20.8 Å². The van der Waals surface area contributed by atoms with E-state index in [9.17, 15) is 9.90 Å². The fraction of sp³-hybridized carbons (Fsp3) is 0.667. The number of ether oxygens (including phenoxy) is 1. The van der Waals surface area contributed by atoms with Gasteiger partial charge in [0.15, 0.2) is 5.78 Å². The van der Waals surface area contributed by atoms with Crippen molar-refractivity contribution in [3.63, 3.8) is 0 Å². The Kier molecular flexibility index (Phi) is 8.48. The third-order valence-corrected chi connectivity index (χ3v) is 1.63. The molecule has 0 fully saturated rings. The van der Waals surface area contributed by atoms with Crippen LogP contribution in [0, 0.1) is 5.92 Å². The molecule has 0 heterocycles. The minimum absolute atomic E-state index is 0. The summed E-state index contributed by atoms with van der Waals surface area (Å²) in [7, 11) is 1.48. The molecule has 3 nitrogen and oxygen atoms in total. The van der Waals surface area contributed by atoms with Crippen molar-refractivity contribution in [3.8, 4) is 0 Å². The maximum absolute atomic E-state index is 11.1. The van der Waals surface area contributed by atoms with Crippen LogP contribution >= 0.6 is 0 Å². The number of allylic oxidation sites excluding steroid dienone is 1. The number of aliphatic hydroxyl groups is 1. The van der Waals surface area contributed by atoms with E-state index in [2.05, 4.69) is 0 Å². The monoisotopic (exact) mass is 236 g/mol. The van der Waals surface area contributed by atoms with Crippen molar-refractivity contribution in [2.45, 2.75) is 26.9 Å². The van der Waals surface area contributed by atoms with Gasteiger partial charge in [0.2, 0.25) is 0 Å². The average molecular weight is 238 g/mol. The van der Waals surface area contributed by atoms with Crippen molar-refractivity contribution in [3.05, 3.63) is 11.8 Å². The summed E-state index contributed by atoms with van der Waals surface area (Å²) in [6.07, 6.45) is 0.812. The van der Waals surface area contributed by atoms with Crippen LogP contribution in [0.4, 0.5) is 0 Å². The number of carbonyl (C=O) groups excluding carboxylic acids is 1.